The van der Waals surface area contributed by atoms with Crippen LogP contribution >= 0.6 is 0 Å². The molecule has 0 amide bonds. The lowest BCUT2D eigenvalue weighted by molar-refractivity contribution is -0.139. The third-order valence-corrected chi connectivity index (χ3v) is 3.38. The van der Waals surface area contributed by atoms with Gasteiger partial charge in [-0.3, -0.25) is 4.79 Å². The minimum atomic E-state index is -1.15. The molecule has 0 fully saturated rings. The molecule has 0 aromatic carbocycles. The molecule has 0 saturated carbocycles. The average molecular weight is 266 g/mol. The lowest BCUT2D eigenvalue weighted by Gasteiger charge is -2.23. The van der Waals surface area contributed by atoms with E-state index in [0.717, 1.165) is 6.42 Å². The van der Waals surface area contributed by atoms with Crippen LogP contribution in [0.25, 0.3) is 0 Å². The summed E-state index contributed by atoms with van der Waals surface area (Å²) < 4.78 is 1.80. The van der Waals surface area contributed by atoms with Crippen LogP contribution in [0.5, 0.6) is 0 Å². The zero-order valence-corrected chi connectivity index (χ0v) is 11.1. The molecule has 19 heavy (non-hydrogen) atoms. The predicted octanol–water partition coefficient (Wildman–Crippen LogP) is 1.74. The van der Waals surface area contributed by atoms with Crippen LogP contribution in [-0.4, -0.2) is 31.7 Å². The summed E-state index contributed by atoms with van der Waals surface area (Å²) in [5, 5.41) is 18.5. The van der Waals surface area contributed by atoms with Gasteiger partial charge in [0.2, 0.25) is 0 Å². The summed E-state index contributed by atoms with van der Waals surface area (Å²) >= 11 is 0. The number of carboxylic acid groups (broad SMARTS) is 2. The van der Waals surface area contributed by atoms with Gasteiger partial charge in [0.1, 0.15) is 5.82 Å². The van der Waals surface area contributed by atoms with Crippen LogP contribution in [-0.2, 0) is 17.8 Å². The normalized spacial score (nSPS) is 18.4. The maximum atomic E-state index is 11.3. The smallest absolute Gasteiger partial charge is 0.356 e. The number of fused-ring (bicyclic) bond motifs is 1. The molecule has 1 aromatic heterocycles. The molecule has 6 heteroatoms. The van der Waals surface area contributed by atoms with Gasteiger partial charge >= 0.3 is 11.9 Å². The van der Waals surface area contributed by atoms with E-state index in [0.29, 0.717) is 36.8 Å². The lowest BCUT2D eigenvalue weighted by Crippen LogP contribution is -2.24. The molecule has 1 atom stereocenters. The first-order valence-corrected chi connectivity index (χ1v) is 6.47. The minimum absolute atomic E-state index is 0.0947. The lowest BCUT2D eigenvalue weighted by atomic mass is 9.94. The number of imidazole rings is 1. The highest BCUT2D eigenvalue weighted by Crippen LogP contribution is 2.32. The molecule has 6 nitrogen and oxygen atoms in total. The van der Waals surface area contributed by atoms with E-state index in [1.807, 2.05) is 13.8 Å². The molecule has 1 aliphatic rings. The summed E-state index contributed by atoms with van der Waals surface area (Å²) in [6, 6.07) is 0. The Morgan fingerprint density at radius 2 is 2.11 bits per heavy atom. The standard InChI is InChI=1S/C13H18N2O4/c1-7(2)6-9-14-10(13(18)19)11-8(12(16)17)4-3-5-15(9)11/h7-8H,3-6H2,1-2H3,(H,16,17)(H,18,19). The maximum absolute atomic E-state index is 11.3. The highest BCUT2D eigenvalue weighted by Gasteiger charge is 2.34. The van der Waals surface area contributed by atoms with E-state index in [-0.39, 0.29) is 5.69 Å². The molecular formula is C13H18N2O4. The molecule has 0 spiro atoms. The van der Waals surface area contributed by atoms with E-state index in [4.69, 9.17) is 0 Å². The Hall–Kier alpha value is -1.85. The van der Waals surface area contributed by atoms with Gasteiger partial charge in [-0.25, -0.2) is 9.78 Å². The van der Waals surface area contributed by atoms with Crippen LogP contribution in [0.2, 0.25) is 0 Å². The zero-order chi connectivity index (χ0) is 14.2. The fraction of sp³-hybridized carbons (Fsp3) is 0.615. The van der Waals surface area contributed by atoms with E-state index in [1.165, 1.54) is 0 Å². The summed E-state index contributed by atoms with van der Waals surface area (Å²) in [6.45, 7) is 4.71. The molecular weight excluding hydrogens is 248 g/mol. The van der Waals surface area contributed by atoms with Crippen molar-refractivity contribution in [3.8, 4) is 0 Å². The maximum Gasteiger partial charge on any atom is 0.356 e. The van der Waals surface area contributed by atoms with Gasteiger partial charge in [0, 0.05) is 13.0 Å². The topological polar surface area (TPSA) is 92.4 Å². The van der Waals surface area contributed by atoms with E-state index in [2.05, 4.69) is 4.98 Å². The van der Waals surface area contributed by atoms with Gasteiger partial charge < -0.3 is 14.8 Å². The first kappa shape index (κ1) is 13.6. The van der Waals surface area contributed by atoms with Crippen molar-refractivity contribution in [2.45, 2.75) is 45.6 Å². The van der Waals surface area contributed by atoms with E-state index < -0.39 is 17.9 Å². The monoisotopic (exact) mass is 266 g/mol. The summed E-state index contributed by atoms with van der Waals surface area (Å²) in [4.78, 5) is 26.7. The van der Waals surface area contributed by atoms with Gasteiger partial charge in [-0.2, -0.15) is 0 Å². The highest BCUT2D eigenvalue weighted by molar-refractivity contribution is 5.89. The van der Waals surface area contributed by atoms with E-state index in [1.54, 1.807) is 4.57 Å². The Kier molecular flexibility index (Phi) is 3.59. The van der Waals surface area contributed by atoms with Crippen molar-refractivity contribution < 1.29 is 19.8 Å². The van der Waals surface area contributed by atoms with Crippen LogP contribution in [0.4, 0.5) is 0 Å². The quantitative estimate of drug-likeness (QED) is 0.866. The Morgan fingerprint density at radius 1 is 1.42 bits per heavy atom. The zero-order valence-electron chi connectivity index (χ0n) is 11.1. The SMILES string of the molecule is CC(C)Cc1nc(C(=O)O)c2n1CCCC2C(=O)O. The molecule has 0 radical (unpaired) electrons. The molecule has 1 aliphatic heterocycles. The number of aliphatic carboxylic acids is 1. The summed E-state index contributed by atoms with van der Waals surface area (Å²) in [5.41, 5.74) is 0.268. The molecule has 1 aromatic rings. The summed E-state index contributed by atoms with van der Waals surface area (Å²) in [5.74, 6) is -1.84. The number of hydrogen-bond acceptors (Lipinski definition) is 3. The predicted molar refractivity (Wildman–Crippen MR) is 67.3 cm³/mol. The van der Waals surface area contributed by atoms with Crippen LogP contribution in [0, 0.1) is 5.92 Å². The largest absolute Gasteiger partial charge is 0.481 e. The van der Waals surface area contributed by atoms with E-state index >= 15 is 0 Å². The van der Waals surface area contributed by atoms with Crippen molar-refractivity contribution in [3.63, 3.8) is 0 Å². The van der Waals surface area contributed by atoms with Crippen molar-refractivity contribution >= 4 is 11.9 Å². The fourth-order valence-corrected chi connectivity index (χ4v) is 2.63. The molecule has 0 saturated heterocycles. The number of rotatable bonds is 4. The van der Waals surface area contributed by atoms with Crippen molar-refractivity contribution in [1.29, 1.82) is 0 Å². The molecule has 0 bridgehead atoms. The van der Waals surface area contributed by atoms with Crippen molar-refractivity contribution in [2.24, 2.45) is 5.92 Å². The second-order valence-corrected chi connectivity index (χ2v) is 5.35. The Bertz CT molecular complexity index is 519. The molecule has 1 unspecified atom stereocenters. The van der Waals surface area contributed by atoms with Crippen molar-refractivity contribution in [3.05, 3.63) is 17.2 Å². The van der Waals surface area contributed by atoms with Gasteiger partial charge in [0.25, 0.3) is 0 Å². The van der Waals surface area contributed by atoms with Crippen LogP contribution in [0.15, 0.2) is 0 Å². The van der Waals surface area contributed by atoms with Crippen LogP contribution in [0.1, 0.15) is 54.6 Å². The Balaban J connectivity index is 2.54. The first-order valence-electron chi connectivity index (χ1n) is 6.47. The van der Waals surface area contributed by atoms with Crippen LogP contribution < -0.4 is 0 Å². The van der Waals surface area contributed by atoms with Gasteiger partial charge in [0.05, 0.1) is 11.6 Å². The van der Waals surface area contributed by atoms with Crippen LogP contribution in [0.3, 0.4) is 0 Å². The van der Waals surface area contributed by atoms with Gasteiger partial charge in [-0.15, -0.1) is 0 Å². The third kappa shape index (κ3) is 2.47. The number of carbonyl (C=O) groups is 2. The first-order chi connectivity index (χ1) is 8.91. The number of hydrogen-bond donors (Lipinski definition) is 2. The fourth-order valence-electron chi connectivity index (χ4n) is 2.63. The minimum Gasteiger partial charge on any atom is -0.481 e. The third-order valence-electron chi connectivity index (χ3n) is 3.38. The Morgan fingerprint density at radius 3 is 2.63 bits per heavy atom. The average Bonchev–Trinajstić information content (AvgIpc) is 2.67. The number of aromatic carboxylic acids is 1. The highest BCUT2D eigenvalue weighted by atomic mass is 16.4. The van der Waals surface area contributed by atoms with Gasteiger partial charge in [-0.05, 0) is 18.8 Å². The molecule has 2 heterocycles. The van der Waals surface area contributed by atoms with Gasteiger partial charge in [0.15, 0.2) is 5.69 Å². The number of nitrogens with zero attached hydrogens (tertiary/aromatic N) is 2. The summed E-state index contributed by atoms with van der Waals surface area (Å²) in [6.07, 6.45) is 1.87. The Labute approximate surface area is 111 Å². The molecule has 0 aliphatic carbocycles. The van der Waals surface area contributed by atoms with E-state index in [9.17, 15) is 19.8 Å². The number of carboxylic acids is 2. The second kappa shape index (κ2) is 5.03. The van der Waals surface area contributed by atoms with Crippen molar-refractivity contribution in [1.82, 2.24) is 9.55 Å². The van der Waals surface area contributed by atoms with Crippen molar-refractivity contribution in [2.75, 3.05) is 0 Å². The van der Waals surface area contributed by atoms with Gasteiger partial charge in [-0.1, -0.05) is 13.8 Å². The molecule has 2 N–H and O–H groups in total. The molecule has 104 valence electrons. The molecule has 2 rings (SSSR count). The second-order valence-electron chi connectivity index (χ2n) is 5.35. The number of aromatic nitrogens is 2. The summed E-state index contributed by atoms with van der Waals surface area (Å²) in [7, 11) is 0.